The van der Waals surface area contributed by atoms with Gasteiger partial charge in [0.05, 0.1) is 18.9 Å². The maximum Gasteiger partial charge on any atom is 0.349 e. The first-order chi connectivity index (χ1) is 12.4. The second-order valence-corrected chi connectivity index (χ2v) is 7.28. The van der Waals surface area contributed by atoms with Gasteiger partial charge in [0.15, 0.2) is 0 Å². The topological polar surface area (TPSA) is 60.5 Å². The number of nitrogens with zero attached hydrogens (tertiary/aromatic N) is 1. The van der Waals surface area contributed by atoms with E-state index in [1.165, 1.54) is 0 Å². The van der Waals surface area contributed by atoms with Crippen LogP contribution in [0.1, 0.15) is 52.0 Å². The van der Waals surface area contributed by atoms with Crippen LogP contribution < -0.4 is 10.1 Å². The van der Waals surface area contributed by atoms with Crippen LogP contribution in [0.25, 0.3) is 0 Å². The highest BCUT2D eigenvalue weighted by Crippen LogP contribution is 2.20. The third-order valence-electron chi connectivity index (χ3n) is 3.76. The van der Waals surface area contributed by atoms with Crippen molar-refractivity contribution in [2.24, 2.45) is 0 Å². The zero-order valence-electron chi connectivity index (χ0n) is 15.7. The van der Waals surface area contributed by atoms with Crippen molar-refractivity contribution < 1.29 is 18.7 Å². The summed E-state index contributed by atoms with van der Waals surface area (Å²) in [6.07, 6.45) is 5.23. The number of hydrogen-bond acceptors (Lipinski definition) is 5. The Bertz CT molecular complexity index is 657. The molecule has 1 aliphatic rings. The zero-order chi connectivity index (χ0) is 19.0. The maximum atomic E-state index is 12.5. The van der Waals surface area contributed by atoms with Crippen LogP contribution in [0.3, 0.4) is 0 Å². The van der Waals surface area contributed by atoms with Crippen molar-refractivity contribution in [2.45, 2.75) is 64.2 Å². The second-order valence-electron chi connectivity index (χ2n) is 7.28. The first-order valence-corrected chi connectivity index (χ1v) is 9.02. The summed E-state index contributed by atoms with van der Waals surface area (Å²) in [5.41, 5.74) is 0.125. The lowest BCUT2D eigenvalue weighted by atomic mass is 10.0. The predicted molar refractivity (Wildman–Crippen MR) is 97.6 cm³/mol. The van der Waals surface area contributed by atoms with Gasteiger partial charge in [-0.05, 0) is 52.6 Å². The molecule has 0 amide bonds. The zero-order valence-corrected chi connectivity index (χ0v) is 15.7. The fourth-order valence-electron chi connectivity index (χ4n) is 2.39. The summed E-state index contributed by atoms with van der Waals surface area (Å²) in [4.78, 5) is 16.6. The third-order valence-corrected chi connectivity index (χ3v) is 3.76. The summed E-state index contributed by atoms with van der Waals surface area (Å²) < 4.78 is 23.4. The summed E-state index contributed by atoms with van der Waals surface area (Å²) in [5, 5.41) is 3.20. The van der Waals surface area contributed by atoms with Gasteiger partial charge in [0.2, 0.25) is 6.10 Å². The summed E-state index contributed by atoms with van der Waals surface area (Å²) in [5.74, 6) is 6.08. The Hall–Kier alpha value is -2.13. The Kier molecular flexibility index (Phi) is 7.40. The molecule has 26 heavy (non-hydrogen) atoms. The maximum absolute atomic E-state index is 12.5. The van der Waals surface area contributed by atoms with Crippen LogP contribution in [0.2, 0.25) is 0 Å². The summed E-state index contributed by atoms with van der Waals surface area (Å²) in [6, 6.07) is 1.69. The molecule has 6 heteroatoms. The van der Waals surface area contributed by atoms with E-state index < -0.39 is 17.7 Å². The molecule has 1 saturated heterocycles. The molecule has 1 N–H and O–H groups in total. The Morgan fingerprint density at radius 2 is 2.19 bits per heavy atom. The van der Waals surface area contributed by atoms with Crippen molar-refractivity contribution in [3.8, 4) is 17.6 Å². The van der Waals surface area contributed by atoms with Crippen LogP contribution in [0.15, 0.2) is 18.5 Å². The molecule has 2 atom stereocenters. The molecule has 0 radical (unpaired) electrons. The van der Waals surface area contributed by atoms with Gasteiger partial charge in [-0.25, -0.2) is 4.79 Å². The van der Waals surface area contributed by atoms with Crippen LogP contribution in [-0.2, 0) is 9.53 Å². The van der Waals surface area contributed by atoms with Crippen molar-refractivity contribution in [1.29, 1.82) is 0 Å². The number of aromatic nitrogens is 1. The van der Waals surface area contributed by atoms with Crippen molar-refractivity contribution in [1.82, 2.24) is 10.3 Å². The van der Waals surface area contributed by atoms with Crippen LogP contribution in [0.5, 0.6) is 5.75 Å². The van der Waals surface area contributed by atoms with E-state index in [0.29, 0.717) is 24.2 Å². The number of pyridine rings is 1. The lowest BCUT2D eigenvalue weighted by Crippen LogP contribution is -2.57. The minimum absolute atomic E-state index is 0.0692. The van der Waals surface area contributed by atoms with Crippen molar-refractivity contribution in [3.63, 3.8) is 0 Å². The number of carbonyl (C=O) groups is 1. The van der Waals surface area contributed by atoms with E-state index in [1.54, 1.807) is 18.5 Å². The first-order valence-electron chi connectivity index (χ1n) is 9.02. The number of unbranched alkanes of at least 4 members (excludes halogenated alkanes) is 2. The number of halogens is 1. The molecule has 0 spiro atoms. The van der Waals surface area contributed by atoms with E-state index in [-0.39, 0.29) is 12.7 Å². The van der Waals surface area contributed by atoms with Gasteiger partial charge in [-0.2, -0.15) is 0 Å². The van der Waals surface area contributed by atoms with Gasteiger partial charge in [0.1, 0.15) is 11.4 Å². The smallest absolute Gasteiger partial charge is 0.349 e. The highest BCUT2D eigenvalue weighted by molar-refractivity contribution is 5.76. The SMILES string of the molecule is CC(C)(C)OC(=O)C(Oc1cncc(C#CCCCCF)c1)[C@@H]1CCN1. The van der Waals surface area contributed by atoms with E-state index in [0.717, 1.165) is 19.4 Å². The fourth-order valence-corrected chi connectivity index (χ4v) is 2.39. The molecule has 0 aromatic carbocycles. The molecule has 142 valence electrons. The van der Waals surface area contributed by atoms with E-state index in [2.05, 4.69) is 22.1 Å². The Morgan fingerprint density at radius 1 is 1.42 bits per heavy atom. The van der Waals surface area contributed by atoms with Crippen LogP contribution >= 0.6 is 0 Å². The third kappa shape index (κ3) is 6.64. The molecule has 0 bridgehead atoms. The second kappa shape index (κ2) is 9.54. The summed E-state index contributed by atoms with van der Waals surface area (Å²) in [6.45, 7) is 6.04. The summed E-state index contributed by atoms with van der Waals surface area (Å²) >= 11 is 0. The molecular formula is C20H27FN2O3. The van der Waals surface area contributed by atoms with E-state index in [9.17, 15) is 9.18 Å². The number of ether oxygens (including phenoxy) is 2. The molecule has 0 saturated carbocycles. The largest absolute Gasteiger partial charge is 0.475 e. The van der Waals surface area contributed by atoms with Gasteiger partial charge in [0, 0.05) is 18.2 Å². The number of carbonyl (C=O) groups excluding carboxylic acids is 1. The Labute approximate surface area is 154 Å². The molecule has 2 rings (SSSR count). The number of nitrogens with one attached hydrogen (secondary N) is 1. The lowest BCUT2D eigenvalue weighted by Gasteiger charge is -2.35. The Morgan fingerprint density at radius 3 is 2.81 bits per heavy atom. The highest BCUT2D eigenvalue weighted by Gasteiger charge is 2.37. The van der Waals surface area contributed by atoms with E-state index >= 15 is 0 Å². The van der Waals surface area contributed by atoms with Gasteiger partial charge >= 0.3 is 5.97 Å². The lowest BCUT2D eigenvalue weighted by molar-refractivity contribution is -0.165. The van der Waals surface area contributed by atoms with E-state index in [1.807, 2.05) is 20.8 Å². The van der Waals surface area contributed by atoms with E-state index in [4.69, 9.17) is 9.47 Å². The molecule has 1 aromatic heterocycles. The first kappa shape index (κ1) is 20.2. The number of hydrogen-bond donors (Lipinski definition) is 1. The van der Waals surface area contributed by atoms with Crippen LogP contribution in [0.4, 0.5) is 4.39 Å². The van der Waals surface area contributed by atoms with Crippen LogP contribution in [-0.4, -0.2) is 41.9 Å². The van der Waals surface area contributed by atoms with Crippen molar-refractivity contribution >= 4 is 5.97 Å². The molecule has 1 unspecified atom stereocenters. The highest BCUT2D eigenvalue weighted by atomic mass is 19.1. The standard InChI is InChI=1S/C20H27FN2O3/c1-20(2,3)26-19(24)18(17-9-11-23-17)25-16-12-15(13-22-14-16)8-6-4-5-7-10-21/h12-14,17-18,23H,4-5,7,9-11H2,1-3H3/t17-,18?/m0/s1. The van der Waals surface area contributed by atoms with Crippen molar-refractivity contribution in [3.05, 3.63) is 24.0 Å². The molecule has 1 fully saturated rings. The molecule has 5 nitrogen and oxygen atoms in total. The molecular weight excluding hydrogens is 335 g/mol. The van der Waals surface area contributed by atoms with Gasteiger partial charge in [-0.3, -0.25) is 9.37 Å². The Balaban J connectivity index is 2.03. The van der Waals surface area contributed by atoms with Gasteiger partial charge in [-0.1, -0.05) is 11.8 Å². The quantitative estimate of drug-likeness (QED) is 0.459. The fraction of sp³-hybridized carbons (Fsp3) is 0.600. The van der Waals surface area contributed by atoms with Gasteiger partial charge in [-0.15, -0.1) is 0 Å². The average Bonchev–Trinajstić information content (AvgIpc) is 2.51. The minimum atomic E-state index is -0.725. The predicted octanol–water partition coefficient (Wildman–Crippen LogP) is 3.02. The molecule has 1 aliphatic heterocycles. The monoisotopic (exact) mass is 362 g/mol. The minimum Gasteiger partial charge on any atom is -0.475 e. The molecule has 0 aliphatic carbocycles. The normalized spacial score (nSPS) is 17.5. The average molecular weight is 362 g/mol. The number of rotatable bonds is 7. The van der Waals surface area contributed by atoms with Gasteiger partial charge < -0.3 is 14.8 Å². The van der Waals surface area contributed by atoms with Gasteiger partial charge in [0.25, 0.3) is 0 Å². The number of alkyl halides is 1. The summed E-state index contributed by atoms with van der Waals surface area (Å²) in [7, 11) is 0. The molecule has 1 aromatic rings. The van der Waals surface area contributed by atoms with Crippen molar-refractivity contribution in [2.75, 3.05) is 13.2 Å². The molecule has 2 heterocycles. The van der Waals surface area contributed by atoms with Crippen LogP contribution in [0, 0.1) is 11.8 Å². The number of esters is 1.